The van der Waals surface area contributed by atoms with Gasteiger partial charge >= 0.3 is 0 Å². The molecule has 3 N–H and O–H groups in total. The second-order valence-electron chi connectivity index (χ2n) is 7.74. The second kappa shape index (κ2) is 11.5. The average Bonchev–Trinajstić information content (AvgIpc) is 2.79. The first-order valence-electron chi connectivity index (χ1n) is 10.8. The van der Waals surface area contributed by atoms with Gasteiger partial charge < -0.3 is 25.0 Å². The van der Waals surface area contributed by atoms with Crippen molar-refractivity contribution in [2.45, 2.75) is 19.9 Å². The van der Waals surface area contributed by atoms with E-state index in [0.717, 1.165) is 38.4 Å². The van der Waals surface area contributed by atoms with Gasteiger partial charge in [-0.1, -0.05) is 29.8 Å². The molecule has 1 fully saturated rings. The molecule has 1 heterocycles. The highest BCUT2D eigenvalue weighted by Gasteiger charge is 2.23. The number of morpholine rings is 1. The second-order valence-corrected chi connectivity index (χ2v) is 7.74. The van der Waals surface area contributed by atoms with E-state index in [2.05, 4.69) is 34.9 Å². The minimum atomic E-state index is -0.288. The summed E-state index contributed by atoms with van der Waals surface area (Å²) in [5.41, 5.74) is 2.73. The Balaban J connectivity index is 1.57. The number of quaternary nitrogens is 1. The van der Waals surface area contributed by atoms with Gasteiger partial charge in [-0.05, 0) is 43.7 Å². The van der Waals surface area contributed by atoms with Crippen LogP contribution in [-0.4, -0.2) is 57.8 Å². The first-order valence-corrected chi connectivity index (χ1v) is 10.8. The van der Waals surface area contributed by atoms with Crippen LogP contribution in [0.3, 0.4) is 0 Å². The molecule has 1 aliphatic rings. The Labute approximate surface area is 183 Å². The van der Waals surface area contributed by atoms with Crippen LogP contribution in [0.15, 0.2) is 48.5 Å². The molecule has 31 heavy (non-hydrogen) atoms. The lowest BCUT2D eigenvalue weighted by molar-refractivity contribution is -0.909. The Morgan fingerprint density at radius 3 is 2.39 bits per heavy atom. The zero-order valence-corrected chi connectivity index (χ0v) is 18.3. The van der Waals surface area contributed by atoms with E-state index in [0.29, 0.717) is 17.9 Å². The van der Waals surface area contributed by atoms with Crippen LogP contribution in [0.4, 0.5) is 0 Å². The summed E-state index contributed by atoms with van der Waals surface area (Å²) in [4.78, 5) is 26.4. The van der Waals surface area contributed by atoms with Crippen LogP contribution in [0.2, 0.25) is 0 Å². The molecule has 3 rings (SSSR count). The Morgan fingerprint density at radius 1 is 1.06 bits per heavy atom. The predicted molar refractivity (Wildman–Crippen MR) is 118 cm³/mol. The lowest BCUT2D eigenvalue weighted by Crippen LogP contribution is -3.14. The van der Waals surface area contributed by atoms with Crippen molar-refractivity contribution in [1.82, 2.24) is 10.6 Å². The number of carbonyl (C=O) groups excluding carboxylic acids is 2. The van der Waals surface area contributed by atoms with Crippen molar-refractivity contribution < 1.29 is 24.0 Å². The monoisotopic (exact) mass is 426 g/mol. The van der Waals surface area contributed by atoms with Gasteiger partial charge in [0, 0.05) is 5.56 Å². The van der Waals surface area contributed by atoms with E-state index in [-0.39, 0.29) is 24.4 Å². The topological polar surface area (TPSA) is 81.1 Å². The number of hydrogen-bond acceptors (Lipinski definition) is 4. The van der Waals surface area contributed by atoms with Crippen LogP contribution < -0.4 is 20.3 Å². The zero-order chi connectivity index (χ0) is 22.1. The summed E-state index contributed by atoms with van der Waals surface area (Å²) >= 11 is 0. The summed E-state index contributed by atoms with van der Waals surface area (Å²) in [5, 5.41) is 5.80. The van der Waals surface area contributed by atoms with E-state index in [4.69, 9.17) is 9.47 Å². The molecule has 7 heteroatoms. The van der Waals surface area contributed by atoms with Gasteiger partial charge in [-0.3, -0.25) is 9.59 Å². The number of carbonyl (C=O) groups is 2. The molecule has 0 radical (unpaired) electrons. The van der Waals surface area contributed by atoms with Gasteiger partial charge in [-0.15, -0.1) is 0 Å². The number of nitrogens with one attached hydrogen (secondary N) is 3. The van der Waals surface area contributed by atoms with Crippen LogP contribution in [0.1, 0.15) is 34.5 Å². The van der Waals surface area contributed by atoms with E-state index in [9.17, 15) is 9.59 Å². The fourth-order valence-electron chi connectivity index (χ4n) is 3.58. The SMILES string of the molecule is CCOc1ccc(C(=O)NCC(=O)N[C@@H](C[NH+]2CCOCC2)c2ccc(C)cc2)cc1. The largest absolute Gasteiger partial charge is 0.494 e. The van der Waals surface area contributed by atoms with E-state index < -0.39 is 0 Å². The summed E-state index contributed by atoms with van der Waals surface area (Å²) in [6, 6.07) is 15.0. The van der Waals surface area contributed by atoms with Crippen LogP contribution in [0, 0.1) is 6.92 Å². The van der Waals surface area contributed by atoms with E-state index in [1.807, 2.05) is 13.8 Å². The highest BCUT2D eigenvalue weighted by Crippen LogP contribution is 2.13. The number of amides is 2. The molecule has 0 aliphatic carbocycles. The highest BCUT2D eigenvalue weighted by atomic mass is 16.5. The standard InChI is InChI=1S/C24H31N3O4/c1-3-31-21-10-8-20(9-11-21)24(29)25-16-23(28)26-22(17-27-12-14-30-15-13-27)19-6-4-18(2)5-7-19/h4-11,22H,3,12-17H2,1-2H3,(H,25,29)(H,26,28)/p+1/t22-/m0/s1. The van der Waals surface area contributed by atoms with Crippen molar-refractivity contribution in [3.63, 3.8) is 0 Å². The Hall–Kier alpha value is -2.90. The number of aryl methyl sites for hydroxylation is 1. The molecule has 2 aromatic carbocycles. The molecule has 7 nitrogen and oxygen atoms in total. The third kappa shape index (κ3) is 7.08. The van der Waals surface area contributed by atoms with E-state index in [1.54, 1.807) is 24.3 Å². The maximum Gasteiger partial charge on any atom is 0.251 e. The molecule has 2 aromatic rings. The van der Waals surface area contributed by atoms with Gasteiger partial charge in [0.05, 0.1) is 26.4 Å². The van der Waals surface area contributed by atoms with Crippen LogP contribution in [0.25, 0.3) is 0 Å². The Morgan fingerprint density at radius 2 is 1.74 bits per heavy atom. The molecule has 2 amide bonds. The smallest absolute Gasteiger partial charge is 0.251 e. The third-order valence-corrected chi connectivity index (χ3v) is 5.34. The highest BCUT2D eigenvalue weighted by molar-refractivity contribution is 5.96. The van der Waals surface area contributed by atoms with E-state index >= 15 is 0 Å². The molecule has 1 saturated heterocycles. The van der Waals surface area contributed by atoms with Crippen molar-refractivity contribution in [2.75, 3.05) is 46.0 Å². The zero-order valence-electron chi connectivity index (χ0n) is 18.3. The molecule has 0 aromatic heterocycles. The third-order valence-electron chi connectivity index (χ3n) is 5.34. The van der Waals surface area contributed by atoms with Crippen LogP contribution >= 0.6 is 0 Å². The summed E-state index contributed by atoms with van der Waals surface area (Å²) in [6.07, 6.45) is 0. The molecule has 0 bridgehead atoms. The average molecular weight is 427 g/mol. The summed E-state index contributed by atoms with van der Waals surface area (Å²) in [5.74, 6) is 0.213. The van der Waals surface area contributed by atoms with Gasteiger partial charge in [0.15, 0.2) is 0 Å². The van der Waals surface area contributed by atoms with Crippen molar-refractivity contribution in [1.29, 1.82) is 0 Å². The molecule has 1 aliphatic heterocycles. The van der Waals surface area contributed by atoms with Crippen molar-refractivity contribution in [3.8, 4) is 5.75 Å². The Bertz CT molecular complexity index is 846. The van der Waals surface area contributed by atoms with Gasteiger partial charge in [-0.2, -0.15) is 0 Å². The van der Waals surface area contributed by atoms with Crippen molar-refractivity contribution in [3.05, 3.63) is 65.2 Å². The van der Waals surface area contributed by atoms with Crippen molar-refractivity contribution >= 4 is 11.8 Å². The lowest BCUT2D eigenvalue weighted by atomic mass is 10.0. The quantitative estimate of drug-likeness (QED) is 0.557. The van der Waals surface area contributed by atoms with E-state index in [1.165, 1.54) is 10.5 Å². The molecule has 0 unspecified atom stereocenters. The lowest BCUT2D eigenvalue weighted by Gasteiger charge is -2.28. The molecule has 0 saturated carbocycles. The summed E-state index contributed by atoms with van der Waals surface area (Å²) in [6.45, 7) is 8.55. The van der Waals surface area contributed by atoms with Gasteiger partial charge in [0.25, 0.3) is 5.91 Å². The molecular formula is C24H32N3O4+. The molecule has 166 valence electrons. The van der Waals surface area contributed by atoms with Gasteiger partial charge in [0.2, 0.25) is 5.91 Å². The van der Waals surface area contributed by atoms with Crippen molar-refractivity contribution in [2.24, 2.45) is 0 Å². The fraction of sp³-hybridized carbons (Fsp3) is 0.417. The van der Waals surface area contributed by atoms with Gasteiger partial charge in [0.1, 0.15) is 31.4 Å². The van der Waals surface area contributed by atoms with Crippen LogP contribution in [-0.2, 0) is 9.53 Å². The maximum atomic E-state index is 12.6. The normalized spacial score (nSPS) is 15.2. The number of benzene rings is 2. The molecule has 0 spiro atoms. The van der Waals surface area contributed by atoms with Gasteiger partial charge in [-0.25, -0.2) is 0 Å². The van der Waals surface area contributed by atoms with Crippen LogP contribution in [0.5, 0.6) is 5.75 Å². The molecule has 1 atom stereocenters. The molecular weight excluding hydrogens is 394 g/mol. The predicted octanol–water partition coefficient (Wildman–Crippen LogP) is 0.896. The number of ether oxygens (including phenoxy) is 2. The first kappa shape index (κ1) is 22.8. The minimum Gasteiger partial charge on any atom is -0.494 e. The number of hydrogen-bond donors (Lipinski definition) is 3. The fourth-order valence-corrected chi connectivity index (χ4v) is 3.58. The maximum absolute atomic E-state index is 12.6. The Kier molecular flexibility index (Phi) is 8.44. The summed E-state index contributed by atoms with van der Waals surface area (Å²) in [7, 11) is 0. The minimum absolute atomic E-state index is 0.0765. The summed E-state index contributed by atoms with van der Waals surface area (Å²) < 4.78 is 10.8. The first-order chi connectivity index (χ1) is 15.0. The number of rotatable bonds is 9.